The van der Waals surface area contributed by atoms with Crippen LogP contribution in [0.15, 0.2) is 17.0 Å². The number of anilines is 1. The Bertz CT molecular complexity index is 549. The second kappa shape index (κ2) is 6.27. The number of hydrogen-bond acceptors (Lipinski definition) is 4. The molecule has 108 valence electrons. The maximum absolute atomic E-state index is 13.6. The summed E-state index contributed by atoms with van der Waals surface area (Å²) in [4.78, 5) is -0.711. The molecule has 8 heteroatoms. The minimum Gasteiger partial charge on any atom is -0.394 e. The number of aliphatic hydroxyl groups is 1. The molecule has 0 saturated heterocycles. The zero-order chi connectivity index (χ0) is 14.6. The van der Waals surface area contributed by atoms with Crippen LogP contribution in [0.3, 0.4) is 0 Å². The van der Waals surface area contributed by atoms with Crippen LogP contribution in [0.25, 0.3) is 0 Å². The average molecular weight is 294 g/mol. The summed E-state index contributed by atoms with van der Waals surface area (Å²) in [5, 5.41) is 9.28. The van der Waals surface area contributed by atoms with Crippen molar-refractivity contribution in [2.45, 2.75) is 30.8 Å². The van der Waals surface area contributed by atoms with Gasteiger partial charge in [0.15, 0.2) is 5.82 Å². The monoisotopic (exact) mass is 294 g/mol. The second-order valence-electron chi connectivity index (χ2n) is 4.02. The maximum atomic E-state index is 13.6. The van der Waals surface area contributed by atoms with Crippen molar-refractivity contribution in [1.29, 1.82) is 0 Å². The van der Waals surface area contributed by atoms with Crippen LogP contribution in [-0.2, 0) is 10.0 Å². The van der Waals surface area contributed by atoms with Crippen LogP contribution in [0.2, 0.25) is 0 Å². The second-order valence-corrected chi connectivity index (χ2v) is 5.76. The summed E-state index contributed by atoms with van der Waals surface area (Å²) < 4.78 is 52.2. The lowest BCUT2D eigenvalue weighted by Gasteiger charge is -2.11. The highest BCUT2D eigenvalue weighted by Gasteiger charge is 2.22. The van der Waals surface area contributed by atoms with Crippen LogP contribution in [0, 0.1) is 11.6 Å². The quantitative estimate of drug-likeness (QED) is 0.682. The standard InChI is InChI=1S/C11H16F2N2O3S/c1-2-7(16)5-6-15-19(17,18)9-4-3-8(12)11(14)10(9)13/h3-4,7,15-16H,2,5-6,14H2,1H3. The third-order valence-electron chi connectivity index (χ3n) is 2.62. The fourth-order valence-corrected chi connectivity index (χ4v) is 2.53. The van der Waals surface area contributed by atoms with E-state index in [1.165, 1.54) is 0 Å². The molecule has 0 aliphatic carbocycles. The van der Waals surface area contributed by atoms with Gasteiger partial charge in [0, 0.05) is 6.54 Å². The molecule has 0 aliphatic heterocycles. The third-order valence-corrected chi connectivity index (χ3v) is 4.10. The molecule has 1 aromatic carbocycles. The Balaban J connectivity index is 2.87. The van der Waals surface area contributed by atoms with Gasteiger partial charge in [0.1, 0.15) is 16.4 Å². The summed E-state index contributed by atoms with van der Waals surface area (Å²) in [6.07, 6.45) is 0.0546. The van der Waals surface area contributed by atoms with Crippen LogP contribution in [0.4, 0.5) is 14.5 Å². The molecule has 0 spiro atoms. The highest BCUT2D eigenvalue weighted by atomic mass is 32.2. The molecule has 1 atom stereocenters. The van der Waals surface area contributed by atoms with Crippen molar-refractivity contribution >= 4 is 15.7 Å². The predicted octanol–water partition coefficient (Wildman–Crippen LogP) is 0.986. The molecule has 0 saturated carbocycles. The van der Waals surface area contributed by atoms with Crippen LogP contribution in [0.1, 0.15) is 19.8 Å². The Morgan fingerprint density at radius 1 is 1.42 bits per heavy atom. The Morgan fingerprint density at radius 2 is 2.05 bits per heavy atom. The smallest absolute Gasteiger partial charge is 0.243 e. The first-order valence-corrected chi connectivity index (χ1v) is 7.19. The van der Waals surface area contributed by atoms with Gasteiger partial charge in [-0.1, -0.05) is 6.92 Å². The molecule has 0 radical (unpaired) electrons. The van der Waals surface area contributed by atoms with Gasteiger partial charge in [-0.3, -0.25) is 0 Å². The number of nitrogens with one attached hydrogen (secondary N) is 1. The maximum Gasteiger partial charge on any atom is 0.243 e. The molecule has 1 unspecified atom stereocenters. The van der Waals surface area contributed by atoms with Crippen LogP contribution in [0.5, 0.6) is 0 Å². The van der Waals surface area contributed by atoms with Crippen LogP contribution < -0.4 is 10.5 Å². The zero-order valence-electron chi connectivity index (χ0n) is 10.4. The first-order chi connectivity index (χ1) is 8.79. The molecule has 0 aromatic heterocycles. The highest BCUT2D eigenvalue weighted by molar-refractivity contribution is 7.89. The first kappa shape index (κ1) is 15.8. The van der Waals surface area contributed by atoms with Gasteiger partial charge >= 0.3 is 0 Å². The summed E-state index contributed by atoms with van der Waals surface area (Å²) in [7, 11) is -4.12. The zero-order valence-corrected chi connectivity index (χ0v) is 11.2. The Hall–Kier alpha value is -1.25. The summed E-state index contributed by atoms with van der Waals surface area (Å²) in [6, 6.07) is 1.59. The number of nitrogen functional groups attached to an aromatic ring is 1. The number of nitrogens with two attached hydrogens (primary N) is 1. The molecule has 0 bridgehead atoms. The fourth-order valence-electron chi connectivity index (χ4n) is 1.40. The Labute approximate surface area is 110 Å². The van der Waals surface area contributed by atoms with E-state index in [0.29, 0.717) is 6.42 Å². The van der Waals surface area contributed by atoms with Crippen molar-refractivity contribution in [2.75, 3.05) is 12.3 Å². The third kappa shape index (κ3) is 3.85. The van der Waals surface area contributed by atoms with Gasteiger partial charge in [-0.25, -0.2) is 21.9 Å². The van der Waals surface area contributed by atoms with E-state index in [1.807, 2.05) is 0 Å². The van der Waals surface area contributed by atoms with E-state index >= 15 is 0 Å². The SMILES string of the molecule is CCC(O)CCNS(=O)(=O)c1ccc(F)c(N)c1F. The normalized spacial score (nSPS) is 13.5. The van der Waals surface area contributed by atoms with Gasteiger partial charge in [0.05, 0.1) is 6.10 Å². The van der Waals surface area contributed by atoms with Crippen LogP contribution >= 0.6 is 0 Å². The van der Waals surface area contributed by atoms with Crippen molar-refractivity contribution < 1.29 is 22.3 Å². The van der Waals surface area contributed by atoms with E-state index in [-0.39, 0.29) is 13.0 Å². The van der Waals surface area contributed by atoms with Gasteiger partial charge < -0.3 is 10.8 Å². The van der Waals surface area contributed by atoms with Crippen molar-refractivity contribution in [2.24, 2.45) is 0 Å². The van der Waals surface area contributed by atoms with Crippen molar-refractivity contribution in [3.8, 4) is 0 Å². The number of hydrogen-bond donors (Lipinski definition) is 3. The number of rotatable bonds is 6. The Kier molecular flexibility index (Phi) is 5.21. The molecule has 1 aromatic rings. The number of aliphatic hydroxyl groups excluding tert-OH is 1. The molecule has 5 nitrogen and oxygen atoms in total. The molecular formula is C11H16F2N2O3S. The van der Waals surface area contributed by atoms with Crippen molar-refractivity contribution in [3.63, 3.8) is 0 Å². The topological polar surface area (TPSA) is 92.4 Å². The van der Waals surface area contributed by atoms with E-state index in [4.69, 9.17) is 5.73 Å². The molecule has 0 aliphatic rings. The van der Waals surface area contributed by atoms with Gasteiger partial charge in [0.25, 0.3) is 0 Å². The van der Waals surface area contributed by atoms with Gasteiger partial charge in [0.2, 0.25) is 10.0 Å². The largest absolute Gasteiger partial charge is 0.394 e. The summed E-state index contributed by atoms with van der Waals surface area (Å²) in [5.41, 5.74) is 4.26. The summed E-state index contributed by atoms with van der Waals surface area (Å²) >= 11 is 0. The molecule has 19 heavy (non-hydrogen) atoms. The number of benzene rings is 1. The molecule has 0 fully saturated rings. The Morgan fingerprint density at radius 3 is 2.63 bits per heavy atom. The first-order valence-electron chi connectivity index (χ1n) is 5.70. The van der Waals surface area contributed by atoms with E-state index in [2.05, 4.69) is 4.72 Å². The van der Waals surface area contributed by atoms with E-state index in [9.17, 15) is 22.3 Å². The highest BCUT2D eigenvalue weighted by Crippen LogP contribution is 2.22. The van der Waals surface area contributed by atoms with Gasteiger partial charge in [-0.2, -0.15) is 0 Å². The van der Waals surface area contributed by atoms with Gasteiger partial charge in [-0.15, -0.1) is 0 Å². The van der Waals surface area contributed by atoms with Crippen LogP contribution in [-0.4, -0.2) is 26.2 Å². The molecule has 0 amide bonds. The molecule has 0 heterocycles. The van der Waals surface area contributed by atoms with E-state index < -0.39 is 38.3 Å². The average Bonchev–Trinajstić information content (AvgIpc) is 2.35. The van der Waals surface area contributed by atoms with Crippen molar-refractivity contribution in [1.82, 2.24) is 4.72 Å². The summed E-state index contributed by atoms with van der Waals surface area (Å²) in [6.45, 7) is 1.70. The number of halogens is 2. The predicted molar refractivity (Wildman–Crippen MR) is 66.9 cm³/mol. The molecule has 1 rings (SSSR count). The minimum absolute atomic E-state index is 0.0476. The molecule has 4 N–H and O–H groups in total. The van der Waals surface area contributed by atoms with Gasteiger partial charge in [-0.05, 0) is 25.0 Å². The fraction of sp³-hybridized carbons (Fsp3) is 0.455. The number of sulfonamides is 1. The van der Waals surface area contributed by atoms with Crippen molar-refractivity contribution in [3.05, 3.63) is 23.8 Å². The summed E-state index contributed by atoms with van der Waals surface area (Å²) in [5.74, 6) is -2.33. The molecular weight excluding hydrogens is 278 g/mol. The lowest BCUT2D eigenvalue weighted by Crippen LogP contribution is -2.28. The minimum atomic E-state index is -4.12. The van der Waals surface area contributed by atoms with E-state index in [0.717, 1.165) is 12.1 Å². The van der Waals surface area contributed by atoms with E-state index in [1.54, 1.807) is 6.92 Å². The lowest BCUT2D eigenvalue weighted by molar-refractivity contribution is 0.162. The lowest BCUT2D eigenvalue weighted by atomic mass is 10.2.